The zero-order chi connectivity index (χ0) is 20.1. The molecule has 1 N–H and O–H groups in total. The molecule has 0 bridgehead atoms. The monoisotopic (exact) mass is 466 g/mol. The number of hydrogen-bond donors (Lipinski definition) is 1. The van der Waals surface area contributed by atoms with E-state index in [2.05, 4.69) is 20.7 Å². The summed E-state index contributed by atoms with van der Waals surface area (Å²) in [5, 5.41) is 0. The number of aryl methyl sites for hydroxylation is 1. The van der Waals surface area contributed by atoms with E-state index in [0.717, 1.165) is 15.6 Å². The van der Waals surface area contributed by atoms with E-state index < -0.39 is 10.0 Å². The Morgan fingerprint density at radius 3 is 2.50 bits per heavy atom. The van der Waals surface area contributed by atoms with Gasteiger partial charge in [0.05, 0.1) is 18.0 Å². The van der Waals surface area contributed by atoms with Gasteiger partial charge in [-0.05, 0) is 48.9 Å². The van der Waals surface area contributed by atoms with E-state index in [1.54, 1.807) is 24.3 Å². The van der Waals surface area contributed by atoms with Gasteiger partial charge < -0.3 is 9.64 Å². The molecule has 0 aliphatic carbocycles. The summed E-state index contributed by atoms with van der Waals surface area (Å²) >= 11 is 3.42. The predicted octanol–water partition coefficient (Wildman–Crippen LogP) is 2.89. The van der Waals surface area contributed by atoms with Gasteiger partial charge in [-0.1, -0.05) is 40.2 Å². The van der Waals surface area contributed by atoms with Crippen LogP contribution >= 0.6 is 15.9 Å². The van der Waals surface area contributed by atoms with Crippen LogP contribution in [0, 0.1) is 0 Å². The first-order valence-corrected chi connectivity index (χ1v) is 11.3. The lowest BCUT2D eigenvalue weighted by Crippen LogP contribution is -2.42. The van der Waals surface area contributed by atoms with Gasteiger partial charge in [0.25, 0.3) is 0 Å². The molecule has 0 radical (unpaired) electrons. The molecule has 6 nitrogen and oxygen atoms in total. The number of nitrogens with one attached hydrogen (secondary N) is 1. The number of hydrogen-bond acceptors (Lipinski definition) is 4. The second-order valence-electron chi connectivity index (χ2n) is 6.60. The average Bonchev–Trinajstić information content (AvgIpc) is 2.73. The molecule has 0 aromatic heterocycles. The van der Waals surface area contributed by atoms with Crippen LogP contribution in [0.25, 0.3) is 0 Å². The first kappa shape index (κ1) is 21.0. The van der Waals surface area contributed by atoms with Crippen molar-refractivity contribution in [2.75, 3.05) is 26.7 Å². The Kier molecular flexibility index (Phi) is 6.87. The Hall–Kier alpha value is -1.74. The number of benzene rings is 2. The minimum absolute atomic E-state index is 0.0809. The fraction of sp³-hybridized carbons (Fsp3) is 0.350. The van der Waals surface area contributed by atoms with E-state index >= 15 is 0 Å². The van der Waals surface area contributed by atoms with Gasteiger partial charge in [-0.25, -0.2) is 13.1 Å². The molecule has 1 atom stereocenters. The molecule has 1 heterocycles. The van der Waals surface area contributed by atoms with Gasteiger partial charge in [-0.2, -0.15) is 0 Å². The number of morpholine rings is 1. The average molecular weight is 467 g/mol. The van der Waals surface area contributed by atoms with Crippen LogP contribution in [0.1, 0.15) is 23.7 Å². The van der Waals surface area contributed by atoms with Crippen molar-refractivity contribution < 1.29 is 17.9 Å². The molecule has 2 aromatic rings. The van der Waals surface area contributed by atoms with E-state index in [4.69, 9.17) is 4.74 Å². The van der Waals surface area contributed by atoms with E-state index in [9.17, 15) is 13.2 Å². The van der Waals surface area contributed by atoms with Crippen molar-refractivity contribution >= 4 is 31.9 Å². The fourth-order valence-corrected chi connectivity index (χ4v) is 4.11. The zero-order valence-electron chi connectivity index (χ0n) is 15.6. The van der Waals surface area contributed by atoms with Gasteiger partial charge in [0, 0.05) is 17.4 Å². The third kappa shape index (κ3) is 5.20. The number of carbonyl (C=O) groups is 1. The van der Waals surface area contributed by atoms with Crippen molar-refractivity contribution in [3.05, 3.63) is 64.1 Å². The lowest BCUT2D eigenvalue weighted by Gasteiger charge is -2.33. The minimum Gasteiger partial charge on any atom is -0.370 e. The van der Waals surface area contributed by atoms with Crippen molar-refractivity contribution in [1.82, 2.24) is 9.62 Å². The van der Waals surface area contributed by atoms with Crippen LogP contribution in [0.2, 0.25) is 0 Å². The third-order valence-electron chi connectivity index (χ3n) is 4.79. The SMILES string of the molecule is CNS(=O)(=O)c1ccc(CCC(=O)N2CCOC(c3ccc(Br)cc3)C2)cc1. The Morgan fingerprint density at radius 2 is 1.86 bits per heavy atom. The fourth-order valence-electron chi connectivity index (χ4n) is 3.12. The highest BCUT2D eigenvalue weighted by molar-refractivity contribution is 9.10. The molecule has 3 rings (SSSR count). The Labute approximate surface area is 174 Å². The molecule has 1 amide bonds. The predicted molar refractivity (Wildman–Crippen MR) is 110 cm³/mol. The van der Waals surface area contributed by atoms with Crippen LogP contribution in [-0.4, -0.2) is 46.0 Å². The highest BCUT2D eigenvalue weighted by Crippen LogP contribution is 2.24. The third-order valence-corrected chi connectivity index (χ3v) is 6.75. The van der Waals surface area contributed by atoms with Gasteiger partial charge in [0.1, 0.15) is 6.10 Å². The van der Waals surface area contributed by atoms with Crippen LogP contribution in [0.4, 0.5) is 0 Å². The van der Waals surface area contributed by atoms with E-state index in [1.807, 2.05) is 29.2 Å². The van der Waals surface area contributed by atoms with Gasteiger partial charge >= 0.3 is 0 Å². The topological polar surface area (TPSA) is 75.7 Å². The molecule has 1 fully saturated rings. The second kappa shape index (κ2) is 9.17. The maximum Gasteiger partial charge on any atom is 0.240 e. The molecule has 8 heteroatoms. The van der Waals surface area contributed by atoms with Crippen LogP contribution < -0.4 is 4.72 Å². The van der Waals surface area contributed by atoms with Crippen LogP contribution in [0.3, 0.4) is 0 Å². The summed E-state index contributed by atoms with van der Waals surface area (Å²) in [6.45, 7) is 1.65. The number of nitrogens with zero attached hydrogens (tertiary/aromatic N) is 1. The molecule has 1 aliphatic heterocycles. The van der Waals surface area contributed by atoms with Gasteiger partial charge in [-0.15, -0.1) is 0 Å². The molecule has 0 saturated carbocycles. The Bertz CT molecular complexity index is 914. The summed E-state index contributed by atoms with van der Waals surface area (Å²) < 4.78 is 32.7. The van der Waals surface area contributed by atoms with Gasteiger partial charge in [0.2, 0.25) is 15.9 Å². The smallest absolute Gasteiger partial charge is 0.240 e. The number of sulfonamides is 1. The summed E-state index contributed by atoms with van der Waals surface area (Å²) in [4.78, 5) is 14.7. The van der Waals surface area contributed by atoms with Crippen molar-refractivity contribution in [1.29, 1.82) is 0 Å². The lowest BCUT2D eigenvalue weighted by molar-refractivity contribution is -0.139. The summed E-state index contributed by atoms with van der Waals surface area (Å²) in [6.07, 6.45) is 0.835. The number of amides is 1. The summed E-state index contributed by atoms with van der Waals surface area (Å²) in [5.74, 6) is 0.0809. The van der Waals surface area contributed by atoms with Crippen molar-refractivity contribution in [2.24, 2.45) is 0 Å². The molecule has 150 valence electrons. The maximum absolute atomic E-state index is 12.6. The van der Waals surface area contributed by atoms with E-state index in [0.29, 0.717) is 32.5 Å². The van der Waals surface area contributed by atoms with E-state index in [1.165, 1.54) is 7.05 Å². The highest BCUT2D eigenvalue weighted by Gasteiger charge is 2.25. The van der Waals surface area contributed by atoms with E-state index in [-0.39, 0.29) is 16.9 Å². The second-order valence-corrected chi connectivity index (χ2v) is 9.40. The number of carbonyl (C=O) groups excluding carboxylic acids is 1. The molecular formula is C20H23BrN2O4S. The molecule has 1 aliphatic rings. The normalized spacial score (nSPS) is 17.5. The Morgan fingerprint density at radius 1 is 1.18 bits per heavy atom. The maximum atomic E-state index is 12.6. The first-order chi connectivity index (χ1) is 13.4. The van der Waals surface area contributed by atoms with Gasteiger partial charge in [-0.3, -0.25) is 4.79 Å². The van der Waals surface area contributed by atoms with Crippen molar-refractivity contribution in [3.63, 3.8) is 0 Å². The summed E-state index contributed by atoms with van der Waals surface area (Å²) in [5.41, 5.74) is 1.99. The zero-order valence-corrected chi connectivity index (χ0v) is 18.0. The molecular weight excluding hydrogens is 444 g/mol. The van der Waals surface area contributed by atoms with Crippen LogP contribution in [0.5, 0.6) is 0 Å². The van der Waals surface area contributed by atoms with Crippen LogP contribution in [0.15, 0.2) is 57.9 Å². The van der Waals surface area contributed by atoms with Gasteiger partial charge in [0.15, 0.2) is 0 Å². The standard InChI is InChI=1S/C20H23BrN2O4S/c1-22-28(25,26)18-9-2-15(3-10-18)4-11-20(24)23-12-13-27-19(14-23)16-5-7-17(21)8-6-16/h2-3,5-10,19,22H,4,11-14H2,1H3. The minimum atomic E-state index is -3.44. The lowest BCUT2D eigenvalue weighted by atomic mass is 10.1. The quantitative estimate of drug-likeness (QED) is 0.709. The first-order valence-electron chi connectivity index (χ1n) is 9.06. The van der Waals surface area contributed by atoms with Crippen molar-refractivity contribution in [3.8, 4) is 0 Å². The largest absolute Gasteiger partial charge is 0.370 e. The number of ether oxygens (including phenoxy) is 1. The molecule has 0 spiro atoms. The molecule has 28 heavy (non-hydrogen) atoms. The Balaban J connectivity index is 1.56. The molecule has 1 saturated heterocycles. The molecule has 1 unspecified atom stereocenters. The summed E-state index contributed by atoms with van der Waals surface area (Å²) in [7, 11) is -2.06. The highest BCUT2D eigenvalue weighted by atomic mass is 79.9. The van der Waals surface area contributed by atoms with Crippen LogP contribution in [-0.2, 0) is 26.0 Å². The number of rotatable bonds is 6. The number of halogens is 1. The summed E-state index contributed by atoms with van der Waals surface area (Å²) in [6, 6.07) is 14.6. The molecule has 2 aromatic carbocycles. The van der Waals surface area contributed by atoms with Crippen molar-refractivity contribution in [2.45, 2.75) is 23.8 Å².